The van der Waals surface area contributed by atoms with E-state index in [4.69, 9.17) is 22.5 Å². The van der Waals surface area contributed by atoms with E-state index in [1.807, 2.05) is 30.1 Å². The number of hydrogen-bond donors (Lipinski definition) is 2. The standard InChI is InChI=1S/C15H15BrClN3O/c1-20(9-10-3-2-4-12(16)7-10)14-6-5-11(8-13(14)17)15(18)19-21/h2-8,21H,9H2,1H3,(H2,18,19). The minimum Gasteiger partial charge on any atom is -0.409 e. The van der Waals surface area contributed by atoms with Crippen LogP contribution in [0.15, 0.2) is 52.1 Å². The number of nitrogens with zero attached hydrogens (tertiary/aromatic N) is 2. The highest BCUT2D eigenvalue weighted by Crippen LogP contribution is 2.27. The van der Waals surface area contributed by atoms with Gasteiger partial charge >= 0.3 is 0 Å². The van der Waals surface area contributed by atoms with E-state index in [1.165, 1.54) is 5.56 Å². The largest absolute Gasteiger partial charge is 0.409 e. The minimum absolute atomic E-state index is 0.0399. The first-order valence-corrected chi connectivity index (χ1v) is 7.41. The molecular weight excluding hydrogens is 354 g/mol. The summed E-state index contributed by atoms with van der Waals surface area (Å²) in [4.78, 5) is 2.04. The Labute approximate surface area is 136 Å². The molecule has 0 atom stereocenters. The van der Waals surface area contributed by atoms with Gasteiger partial charge in [0.25, 0.3) is 0 Å². The van der Waals surface area contributed by atoms with Crippen LogP contribution in [-0.2, 0) is 6.54 Å². The topological polar surface area (TPSA) is 61.8 Å². The van der Waals surface area contributed by atoms with Gasteiger partial charge in [-0.25, -0.2) is 0 Å². The molecule has 0 amide bonds. The Hall–Kier alpha value is -1.72. The number of rotatable bonds is 4. The van der Waals surface area contributed by atoms with E-state index >= 15 is 0 Å². The Morgan fingerprint density at radius 2 is 2.10 bits per heavy atom. The fourth-order valence-electron chi connectivity index (χ4n) is 2.03. The molecule has 2 aromatic rings. The Morgan fingerprint density at radius 1 is 1.33 bits per heavy atom. The van der Waals surface area contributed by atoms with Crippen LogP contribution in [0.5, 0.6) is 0 Å². The minimum atomic E-state index is 0.0399. The molecule has 0 aliphatic heterocycles. The van der Waals surface area contributed by atoms with Crippen LogP contribution in [0.3, 0.4) is 0 Å². The van der Waals surface area contributed by atoms with E-state index in [0.717, 1.165) is 16.7 Å². The van der Waals surface area contributed by atoms with Gasteiger partial charge in [-0.1, -0.05) is 44.8 Å². The van der Waals surface area contributed by atoms with Crippen molar-refractivity contribution in [3.05, 3.63) is 63.1 Å². The molecule has 21 heavy (non-hydrogen) atoms. The van der Waals surface area contributed by atoms with Gasteiger partial charge in [-0.2, -0.15) is 0 Å². The first-order valence-electron chi connectivity index (χ1n) is 6.24. The van der Waals surface area contributed by atoms with Crippen molar-refractivity contribution >= 4 is 39.1 Å². The van der Waals surface area contributed by atoms with Crippen molar-refractivity contribution in [3.8, 4) is 0 Å². The molecular formula is C15H15BrClN3O. The average molecular weight is 369 g/mol. The van der Waals surface area contributed by atoms with Crippen LogP contribution < -0.4 is 10.6 Å². The van der Waals surface area contributed by atoms with Gasteiger partial charge in [-0.05, 0) is 35.9 Å². The molecule has 0 unspecified atom stereocenters. The van der Waals surface area contributed by atoms with Crippen molar-refractivity contribution in [1.29, 1.82) is 0 Å². The number of hydrogen-bond acceptors (Lipinski definition) is 3. The molecule has 0 aliphatic rings. The van der Waals surface area contributed by atoms with Gasteiger partial charge in [0.05, 0.1) is 10.7 Å². The summed E-state index contributed by atoms with van der Waals surface area (Å²) in [5.74, 6) is 0.0399. The zero-order valence-corrected chi connectivity index (χ0v) is 13.8. The molecule has 0 aromatic heterocycles. The first-order chi connectivity index (χ1) is 10.0. The average Bonchev–Trinajstić information content (AvgIpc) is 2.46. The maximum Gasteiger partial charge on any atom is 0.170 e. The molecule has 3 N–H and O–H groups in total. The number of benzene rings is 2. The number of amidine groups is 1. The van der Waals surface area contributed by atoms with Crippen LogP contribution in [0.25, 0.3) is 0 Å². The van der Waals surface area contributed by atoms with Gasteiger partial charge in [0.2, 0.25) is 0 Å². The lowest BCUT2D eigenvalue weighted by atomic mass is 10.1. The monoisotopic (exact) mass is 367 g/mol. The predicted molar refractivity (Wildman–Crippen MR) is 90.2 cm³/mol. The SMILES string of the molecule is CN(Cc1cccc(Br)c1)c1ccc(C(N)=NO)cc1Cl. The molecule has 6 heteroatoms. The Balaban J connectivity index is 2.21. The van der Waals surface area contributed by atoms with Gasteiger partial charge in [-0.3, -0.25) is 0 Å². The molecule has 0 bridgehead atoms. The highest BCUT2D eigenvalue weighted by molar-refractivity contribution is 9.10. The third kappa shape index (κ3) is 3.89. The Bertz CT molecular complexity index is 676. The summed E-state index contributed by atoms with van der Waals surface area (Å²) in [7, 11) is 1.96. The summed E-state index contributed by atoms with van der Waals surface area (Å²) in [5.41, 5.74) is 8.19. The second kappa shape index (κ2) is 6.83. The molecule has 0 saturated heterocycles. The predicted octanol–water partition coefficient (Wildman–Crippen LogP) is 3.83. The number of halogens is 2. The number of oxime groups is 1. The normalized spacial score (nSPS) is 11.5. The maximum atomic E-state index is 8.68. The van der Waals surface area contributed by atoms with E-state index in [-0.39, 0.29) is 5.84 Å². The summed E-state index contributed by atoms with van der Waals surface area (Å²) in [5, 5.41) is 12.2. The zero-order chi connectivity index (χ0) is 15.4. The van der Waals surface area contributed by atoms with Gasteiger partial charge in [-0.15, -0.1) is 0 Å². The van der Waals surface area contributed by atoms with Gasteiger partial charge < -0.3 is 15.8 Å². The van der Waals surface area contributed by atoms with Crippen LogP contribution >= 0.6 is 27.5 Å². The second-order valence-corrected chi connectivity index (χ2v) is 5.96. The molecule has 2 rings (SSSR count). The highest BCUT2D eigenvalue weighted by atomic mass is 79.9. The van der Waals surface area contributed by atoms with Crippen molar-refractivity contribution in [3.63, 3.8) is 0 Å². The number of anilines is 1. The Morgan fingerprint density at radius 3 is 2.71 bits per heavy atom. The first kappa shape index (κ1) is 15.7. The van der Waals surface area contributed by atoms with Crippen molar-refractivity contribution in [2.75, 3.05) is 11.9 Å². The summed E-state index contributed by atoms with van der Waals surface area (Å²) >= 11 is 9.74. The van der Waals surface area contributed by atoms with Crippen molar-refractivity contribution in [2.45, 2.75) is 6.54 Å². The highest BCUT2D eigenvalue weighted by Gasteiger charge is 2.09. The van der Waals surface area contributed by atoms with E-state index < -0.39 is 0 Å². The quantitative estimate of drug-likeness (QED) is 0.373. The van der Waals surface area contributed by atoms with Crippen molar-refractivity contribution in [1.82, 2.24) is 0 Å². The summed E-state index contributed by atoms with van der Waals surface area (Å²) < 4.78 is 1.04. The third-order valence-electron chi connectivity index (χ3n) is 3.07. The molecule has 0 heterocycles. The summed E-state index contributed by atoms with van der Waals surface area (Å²) in [6.07, 6.45) is 0. The van der Waals surface area contributed by atoms with Crippen LogP contribution in [0.4, 0.5) is 5.69 Å². The molecule has 0 radical (unpaired) electrons. The number of nitrogens with two attached hydrogens (primary N) is 1. The van der Waals surface area contributed by atoms with Crippen LogP contribution in [0, 0.1) is 0 Å². The van der Waals surface area contributed by atoms with E-state index in [0.29, 0.717) is 10.6 Å². The molecule has 110 valence electrons. The summed E-state index contributed by atoms with van der Waals surface area (Å²) in [6, 6.07) is 13.4. The maximum absolute atomic E-state index is 8.68. The van der Waals surface area contributed by atoms with Crippen molar-refractivity contribution < 1.29 is 5.21 Å². The summed E-state index contributed by atoms with van der Waals surface area (Å²) in [6.45, 7) is 0.724. The fraction of sp³-hybridized carbons (Fsp3) is 0.133. The van der Waals surface area contributed by atoms with Crippen LogP contribution in [0.1, 0.15) is 11.1 Å². The lowest BCUT2D eigenvalue weighted by Gasteiger charge is -2.21. The molecule has 0 spiro atoms. The van der Waals surface area contributed by atoms with Gasteiger partial charge in [0.15, 0.2) is 5.84 Å². The zero-order valence-electron chi connectivity index (χ0n) is 11.4. The molecule has 0 aliphatic carbocycles. The molecule has 4 nitrogen and oxygen atoms in total. The van der Waals surface area contributed by atoms with Gasteiger partial charge in [0, 0.05) is 23.6 Å². The lowest BCUT2D eigenvalue weighted by molar-refractivity contribution is 0.318. The second-order valence-electron chi connectivity index (χ2n) is 4.64. The lowest BCUT2D eigenvalue weighted by Crippen LogP contribution is -2.18. The van der Waals surface area contributed by atoms with Gasteiger partial charge in [0.1, 0.15) is 0 Å². The Kier molecular flexibility index (Phi) is 5.09. The molecule has 0 saturated carbocycles. The smallest absolute Gasteiger partial charge is 0.170 e. The fourth-order valence-corrected chi connectivity index (χ4v) is 2.80. The van der Waals surface area contributed by atoms with Crippen LogP contribution in [-0.4, -0.2) is 18.1 Å². The molecule has 0 fully saturated rings. The van der Waals surface area contributed by atoms with E-state index in [9.17, 15) is 0 Å². The van der Waals surface area contributed by atoms with Crippen molar-refractivity contribution in [2.24, 2.45) is 10.9 Å². The molecule has 2 aromatic carbocycles. The van der Waals surface area contributed by atoms with E-state index in [1.54, 1.807) is 12.1 Å². The van der Waals surface area contributed by atoms with Crippen LogP contribution in [0.2, 0.25) is 5.02 Å². The van der Waals surface area contributed by atoms with E-state index in [2.05, 4.69) is 33.2 Å². The third-order valence-corrected chi connectivity index (χ3v) is 3.87.